The number of rotatable bonds is 4. The maximum Gasteiger partial charge on any atom is 0.283 e. The van der Waals surface area contributed by atoms with E-state index in [0.29, 0.717) is 17.4 Å². The number of anilines is 1. The number of nitrogens with zero attached hydrogens (tertiary/aromatic N) is 2. The molecule has 2 N–H and O–H groups in total. The highest BCUT2D eigenvalue weighted by Gasteiger charge is 2.34. The highest BCUT2D eigenvalue weighted by Crippen LogP contribution is 2.33. The number of carbonyl (C=O) groups excluding carboxylic acids is 1. The molecule has 2 unspecified atom stereocenters. The second-order valence-corrected chi connectivity index (χ2v) is 4.85. The SMILES string of the molecule is COc1ccnc(NNC(=O)C2Oc3ccccc3OC2C)n1. The van der Waals surface area contributed by atoms with Gasteiger partial charge in [-0.05, 0) is 19.1 Å². The van der Waals surface area contributed by atoms with Crippen molar-refractivity contribution in [2.45, 2.75) is 19.1 Å². The molecule has 1 aliphatic heterocycles. The van der Waals surface area contributed by atoms with Gasteiger partial charge in [0, 0.05) is 12.3 Å². The molecule has 0 aliphatic carbocycles. The smallest absolute Gasteiger partial charge is 0.283 e. The monoisotopic (exact) mass is 316 g/mol. The van der Waals surface area contributed by atoms with Crippen LogP contribution >= 0.6 is 0 Å². The number of hydrogen-bond donors (Lipinski definition) is 2. The maximum atomic E-state index is 12.3. The Balaban J connectivity index is 1.64. The van der Waals surface area contributed by atoms with E-state index in [-0.39, 0.29) is 5.95 Å². The highest BCUT2D eigenvalue weighted by molar-refractivity contribution is 5.83. The van der Waals surface area contributed by atoms with Crippen LogP contribution in [0.25, 0.3) is 0 Å². The summed E-state index contributed by atoms with van der Waals surface area (Å²) in [6, 6.07) is 8.80. The molecule has 2 aromatic rings. The molecule has 23 heavy (non-hydrogen) atoms. The van der Waals surface area contributed by atoms with Crippen LogP contribution in [0.5, 0.6) is 17.4 Å². The van der Waals surface area contributed by atoms with E-state index in [1.807, 2.05) is 12.1 Å². The van der Waals surface area contributed by atoms with Gasteiger partial charge in [-0.1, -0.05) is 12.1 Å². The van der Waals surface area contributed by atoms with Crippen LogP contribution in [0.1, 0.15) is 6.92 Å². The van der Waals surface area contributed by atoms with E-state index in [1.165, 1.54) is 13.3 Å². The number of fused-ring (bicyclic) bond motifs is 1. The first-order valence-electron chi connectivity index (χ1n) is 7.02. The first kappa shape index (κ1) is 14.9. The number of benzene rings is 1. The number of methoxy groups -OCH3 is 1. The van der Waals surface area contributed by atoms with Crippen molar-refractivity contribution in [3.63, 3.8) is 0 Å². The number of ether oxygens (including phenoxy) is 3. The van der Waals surface area contributed by atoms with Gasteiger partial charge in [0.15, 0.2) is 11.5 Å². The third kappa shape index (κ3) is 3.25. The van der Waals surface area contributed by atoms with Gasteiger partial charge in [0.25, 0.3) is 5.91 Å². The quantitative estimate of drug-likeness (QED) is 0.817. The van der Waals surface area contributed by atoms with E-state index in [1.54, 1.807) is 25.1 Å². The van der Waals surface area contributed by atoms with Gasteiger partial charge in [-0.3, -0.25) is 15.6 Å². The van der Waals surface area contributed by atoms with Crippen LogP contribution in [0.15, 0.2) is 36.5 Å². The lowest BCUT2D eigenvalue weighted by atomic mass is 10.1. The molecule has 8 heteroatoms. The third-order valence-corrected chi connectivity index (χ3v) is 3.24. The van der Waals surface area contributed by atoms with Gasteiger partial charge in [0.05, 0.1) is 7.11 Å². The molecular weight excluding hydrogens is 300 g/mol. The van der Waals surface area contributed by atoms with Gasteiger partial charge >= 0.3 is 0 Å². The Bertz CT molecular complexity index is 709. The van der Waals surface area contributed by atoms with Crippen LogP contribution in [0.3, 0.4) is 0 Å². The highest BCUT2D eigenvalue weighted by atomic mass is 16.6. The Kier molecular flexibility index (Phi) is 4.13. The average Bonchev–Trinajstić information content (AvgIpc) is 2.59. The Hall–Kier alpha value is -3.03. The minimum absolute atomic E-state index is 0.211. The standard InChI is InChI=1S/C15H16N4O4/c1-9-13(23-11-6-4-3-5-10(11)22-9)14(20)18-19-15-16-8-7-12(17-15)21-2/h3-9,13H,1-2H3,(H,18,20)(H,16,17,19). The fraction of sp³-hybridized carbons (Fsp3) is 0.267. The van der Waals surface area contributed by atoms with E-state index in [4.69, 9.17) is 14.2 Å². The zero-order chi connectivity index (χ0) is 16.2. The molecule has 0 radical (unpaired) electrons. The molecule has 1 amide bonds. The summed E-state index contributed by atoms with van der Waals surface area (Å²) in [6.45, 7) is 1.77. The summed E-state index contributed by atoms with van der Waals surface area (Å²) >= 11 is 0. The normalized spacial score (nSPS) is 18.9. The van der Waals surface area contributed by atoms with Crippen molar-refractivity contribution in [1.29, 1.82) is 0 Å². The molecule has 3 rings (SSSR count). The van der Waals surface area contributed by atoms with Gasteiger partial charge in [0.2, 0.25) is 17.9 Å². The minimum atomic E-state index is -0.789. The van der Waals surface area contributed by atoms with Crippen molar-refractivity contribution in [2.24, 2.45) is 0 Å². The molecule has 0 bridgehead atoms. The Morgan fingerprint density at radius 1 is 1.22 bits per heavy atom. The topological polar surface area (TPSA) is 94.6 Å². The van der Waals surface area contributed by atoms with Crippen LogP contribution in [0.2, 0.25) is 0 Å². The van der Waals surface area contributed by atoms with Crippen molar-refractivity contribution < 1.29 is 19.0 Å². The van der Waals surface area contributed by atoms with Gasteiger partial charge in [-0.15, -0.1) is 0 Å². The van der Waals surface area contributed by atoms with Crippen LogP contribution < -0.4 is 25.1 Å². The summed E-state index contributed by atoms with van der Waals surface area (Å²) in [5.74, 6) is 1.36. The van der Waals surface area contributed by atoms with Gasteiger partial charge < -0.3 is 14.2 Å². The van der Waals surface area contributed by atoms with E-state index in [2.05, 4.69) is 20.8 Å². The van der Waals surface area contributed by atoms with Gasteiger partial charge in [-0.2, -0.15) is 4.98 Å². The fourth-order valence-corrected chi connectivity index (χ4v) is 2.11. The van der Waals surface area contributed by atoms with Crippen molar-refractivity contribution in [1.82, 2.24) is 15.4 Å². The number of amides is 1. The van der Waals surface area contributed by atoms with Crippen molar-refractivity contribution in [3.05, 3.63) is 36.5 Å². The van der Waals surface area contributed by atoms with Crippen LogP contribution in [0, 0.1) is 0 Å². The molecule has 0 spiro atoms. The largest absolute Gasteiger partial charge is 0.482 e. The zero-order valence-corrected chi connectivity index (χ0v) is 12.6. The van der Waals surface area contributed by atoms with Crippen molar-refractivity contribution >= 4 is 11.9 Å². The maximum absolute atomic E-state index is 12.3. The molecule has 120 valence electrons. The molecule has 0 fully saturated rings. The second kappa shape index (κ2) is 6.39. The summed E-state index contributed by atoms with van der Waals surface area (Å²) in [6.07, 6.45) is 0.292. The number of hydrazine groups is 1. The fourth-order valence-electron chi connectivity index (χ4n) is 2.11. The minimum Gasteiger partial charge on any atom is -0.482 e. The van der Waals surface area contributed by atoms with Crippen molar-refractivity contribution in [2.75, 3.05) is 12.5 Å². The predicted molar refractivity (Wildman–Crippen MR) is 81.3 cm³/mol. The molecular formula is C15H16N4O4. The summed E-state index contributed by atoms with van der Waals surface area (Å²) in [5.41, 5.74) is 5.13. The Labute approximate surface area is 132 Å². The Morgan fingerprint density at radius 2 is 1.96 bits per heavy atom. The van der Waals surface area contributed by atoms with E-state index >= 15 is 0 Å². The summed E-state index contributed by atoms with van der Waals surface area (Å²) in [5, 5.41) is 0. The van der Waals surface area contributed by atoms with E-state index in [9.17, 15) is 4.79 Å². The Morgan fingerprint density at radius 3 is 2.70 bits per heavy atom. The first-order chi connectivity index (χ1) is 11.2. The zero-order valence-electron chi connectivity index (χ0n) is 12.6. The predicted octanol–water partition coefficient (Wildman–Crippen LogP) is 1.16. The molecule has 2 heterocycles. The summed E-state index contributed by atoms with van der Waals surface area (Å²) in [7, 11) is 1.50. The van der Waals surface area contributed by atoms with E-state index < -0.39 is 18.1 Å². The third-order valence-electron chi connectivity index (χ3n) is 3.24. The average molecular weight is 316 g/mol. The van der Waals surface area contributed by atoms with Gasteiger partial charge in [-0.25, -0.2) is 4.98 Å². The van der Waals surface area contributed by atoms with Gasteiger partial charge in [0.1, 0.15) is 6.10 Å². The summed E-state index contributed by atoms with van der Waals surface area (Å²) in [4.78, 5) is 20.3. The number of aromatic nitrogens is 2. The lowest BCUT2D eigenvalue weighted by molar-refractivity contribution is -0.132. The summed E-state index contributed by atoms with van der Waals surface area (Å²) < 4.78 is 16.4. The number of nitrogens with one attached hydrogen (secondary N) is 2. The number of carbonyl (C=O) groups is 1. The molecule has 1 aromatic heterocycles. The molecule has 0 saturated heterocycles. The molecule has 0 saturated carbocycles. The van der Waals surface area contributed by atoms with Crippen LogP contribution in [0.4, 0.5) is 5.95 Å². The van der Waals surface area contributed by atoms with Crippen LogP contribution in [-0.2, 0) is 4.79 Å². The second-order valence-electron chi connectivity index (χ2n) is 4.85. The molecule has 8 nitrogen and oxygen atoms in total. The van der Waals surface area contributed by atoms with Crippen molar-refractivity contribution in [3.8, 4) is 17.4 Å². The first-order valence-corrected chi connectivity index (χ1v) is 7.02. The molecule has 1 aliphatic rings. The number of hydrogen-bond acceptors (Lipinski definition) is 7. The lowest BCUT2D eigenvalue weighted by Crippen LogP contribution is -2.50. The molecule has 2 atom stereocenters. The lowest BCUT2D eigenvalue weighted by Gasteiger charge is -2.30. The number of para-hydroxylation sites is 2. The van der Waals surface area contributed by atoms with E-state index in [0.717, 1.165) is 0 Å². The molecule has 1 aromatic carbocycles. The van der Waals surface area contributed by atoms with Crippen LogP contribution in [-0.4, -0.2) is 35.2 Å².